The fourth-order valence-electron chi connectivity index (χ4n) is 3.87. The molecule has 31 heavy (non-hydrogen) atoms. The minimum absolute atomic E-state index is 0.0422. The number of benzene rings is 2. The zero-order valence-electron chi connectivity index (χ0n) is 17.6. The van der Waals surface area contributed by atoms with E-state index in [-0.39, 0.29) is 23.5 Å². The van der Waals surface area contributed by atoms with Gasteiger partial charge in [-0.25, -0.2) is 8.42 Å². The lowest BCUT2D eigenvalue weighted by molar-refractivity contribution is 0.0697. The number of rotatable bonds is 6. The highest BCUT2D eigenvalue weighted by atomic mass is 32.2. The van der Waals surface area contributed by atoms with E-state index < -0.39 is 9.84 Å². The Balaban J connectivity index is 1.53. The molecule has 8 heteroatoms. The summed E-state index contributed by atoms with van der Waals surface area (Å²) in [5.41, 5.74) is 3.19. The monoisotopic (exact) mass is 439 g/mol. The first-order chi connectivity index (χ1) is 14.9. The maximum atomic E-state index is 13.1. The molecule has 1 aliphatic rings. The summed E-state index contributed by atoms with van der Waals surface area (Å²) in [5, 5.41) is 8.26. The zero-order valence-corrected chi connectivity index (χ0v) is 18.4. The van der Waals surface area contributed by atoms with Crippen molar-refractivity contribution >= 4 is 15.7 Å². The molecule has 3 aromatic rings. The Labute approximate surface area is 182 Å². The summed E-state index contributed by atoms with van der Waals surface area (Å²) in [7, 11) is -3.06. The van der Waals surface area contributed by atoms with Crippen LogP contribution in [0.4, 0.5) is 0 Å². The normalized spacial score (nSPS) is 17.5. The molecule has 1 aromatic heterocycles. The summed E-state index contributed by atoms with van der Waals surface area (Å²) >= 11 is 0. The van der Waals surface area contributed by atoms with E-state index in [0.29, 0.717) is 35.9 Å². The van der Waals surface area contributed by atoms with Gasteiger partial charge in [0, 0.05) is 29.3 Å². The molecule has 2 heterocycles. The van der Waals surface area contributed by atoms with Gasteiger partial charge in [-0.05, 0) is 56.2 Å². The van der Waals surface area contributed by atoms with Crippen molar-refractivity contribution in [2.45, 2.75) is 32.7 Å². The highest BCUT2D eigenvalue weighted by Crippen LogP contribution is 2.26. The molecule has 1 saturated heterocycles. The Hall–Kier alpha value is -3.00. The van der Waals surface area contributed by atoms with E-state index >= 15 is 0 Å². The number of hydrogen-bond donors (Lipinski definition) is 0. The minimum Gasteiger partial charge on any atom is -0.416 e. The number of aryl methyl sites for hydroxylation is 1. The molecule has 0 bridgehead atoms. The van der Waals surface area contributed by atoms with Crippen LogP contribution in [0.25, 0.3) is 22.9 Å². The topological polar surface area (TPSA) is 93.4 Å². The van der Waals surface area contributed by atoms with Gasteiger partial charge in [0.2, 0.25) is 11.8 Å². The summed E-state index contributed by atoms with van der Waals surface area (Å²) in [5.74, 6) is 0.852. The van der Waals surface area contributed by atoms with Gasteiger partial charge < -0.3 is 9.32 Å². The third kappa shape index (κ3) is 4.69. The lowest BCUT2D eigenvalue weighted by atomic mass is 10.1. The fourth-order valence-corrected chi connectivity index (χ4v) is 5.60. The molecule has 0 N–H and O–H groups in total. The predicted octanol–water partition coefficient (Wildman–Crippen LogP) is 3.75. The fraction of sp³-hybridized carbons (Fsp3) is 0.348. The largest absolute Gasteiger partial charge is 0.416 e. The lowest BCUT2D eigenvalue weighted by Crippen LogP contribution is -2.41. The van der Waals surface area contributed by atoms with E-state index in [4.69, 9.17) is 4.42 Å². The smallest absolute Gasteiger partial charge is 0.254 e. The molecule has 1 fully saturated rings. The molecule has 1 atom stereocenters. The average Bonchev–Trinajstić information content (AvgIpc) is 3.38. The molecular formula is C23H25N3O4S. The van der Waals surface area contributed by atoms with Gasteiger partial charge in [-0.2, -0.15) is 0 Å². The van der Waals surface area contributed by atoms with Gasteiger partial charge in [0.25, 0.3) is 5.91 Å². The Morgan fingerprint density at radius 3 is 2.42 bits per heavy atom. The third-order valence-electron chi connectivity index (χ3n) is 5.44. The number of hydrogen-bond acceptors (Lipinski definition) is 6. The molecule has 7 nitrogen and oxygen atoms in total. The number of carbonyl (C=O) groups excluding carboxylic acids is 1. The Morgan fingerprint density at radius 1 is 1.10 bits per heavy atom. The van der Waals surface area contributed by atoms with Gasteiger partial charge in [0.15, 0.2) is 9.84 Å². The standard InChI is InChI=1S/C23H25N3O4S/c1-3-12-26(20-11-13-31(28,29)15-20)23(27)18-9-7-17(8-10-18)21-24-25-22(30-21)19-6-4-5-16(2)14-19/h4-10,14,20H,3,11-13,15H2,1-2H3. The van der Waals surface area contributed by atoms with Crippen LogP contribution in [0.1, 0.15) is 35.7 Å². The molecule has 1 unspecified atom stereocenters. The first kappa shape index (κ1) is 21.2. The Morgan fingerprint density at radius 2 is 1.81 bits per heavy atom. The van der Waals surface area contributed by atoms with Crippen LogP contribution < -0.4 is 0 Å². The van der Waals surface area contributed by atoms with E-state index in [2.05, 4.69) is 10.2 Å². The van der Waals surface area contributed by atoms with Crippen LogP contribution in [0.5, 0.6) is 0 Å². The quantitative estimate of drug-likeness (QED) is 0.581. The van der Waals surface area contributed by atoms with Crippen LogP contribution in [0.2, 0.25) is 0 Å². The number of aromatic nitrogens is 2. The van der Waals surface area contributed by atoms with E-state index in [9.17, 15) is 13.2 Å². The first-order valence-electron chi connectivity index (χ1n) is 10.4. The Kier molecular flexibility index (Phi) is 5.91. The van der Waals surface area contributed by atoms with Crippen molar-refractivity contribution < 1.29 is 17.6 Å². The van der Waals surface area contributed by atoms with Crippen LogP contribution >= 0.6 is 0 Å². The van der Waals surface area contributed by atoms with Gasteiger partial charge in [-0.3, -0.25) is 4.79 Å². The van der Waals surface area contributed by atoms with Crippen molar-refractivity contribution in [3.63, 3.8) is 0 Å². The van der Waals surface area contributed by atoms with Crippen molar-refractivity contribution in [3.8, 4) is 22.9 Å². The SMILES string of the molecule is CCCN(C(=O)c1ccc(-c2nnc(-c3cccc(C)c3)o2)cc1)C1CCS(=O)(=O)C1. The van der Waals surface area contributed by atoms with Crippen LogP contribution in [-0.4, -0.2) is 53.5 Å². The maximum Gasteiger partial charge on any atom is 0.254 e. The molecule has 1 amide bonds. The van der Waals surface area contributed by atoms with Crippen LogP contribution in [-0.2, 0) is 9.84 Å². The van der Waals surface area contributed by atoms with Crippen molar-refractivity contribution in [1.82, 2.24) is 15.1 Å². The number of amides is 1. The first-order valence-corrected chi connectivity index (χ1v) is 12.2. The lowest BCUT2D eigenvalue weighted by Gasteiger charge is -2.28. The van der Waals surface area contributed by atoms with Gasteiger partial charge in [-0.15, -0.1) is 10.2 Å². The van der Waals surface area contributed by atoms with Gasteiger partial charge in [0.1, 0.15) is 0 Å². The zero-order chi connectivity index (χ0) is 22.0. The minimum atomic E-state index is -3.06. The molecule has 0 radical (unpaired) electrons. The number of carbonyl (C=O) groups is 1. The Bertz CT molecular complexity index is 1190. The third-order valence-corrected chi connectivity index (χ3v) is 7.19. The summed E-state index contributed by atoms with van der Waals surface area (Å²) in [6.45, 7) is 4.51. The number of nitrogens with zero attached hydrogens (tertiary/aromatic N) is 3. The van der Waals surface area contributed by atoms with E-state index in [1.54, 1.807) is 29.2 Å². The summed E-state index contributed by atoms with van der Waals surface area (Å²) in [6, 6.07) is 14.6. The summed E-state index contributed by atoms with van der Waals surface area (Å²) in [6.07, 6.45) is 1.26. The highest BCUT2D eigenvalue weighted by Gasteiger charge is 2.34. The van der Waals surface area contributed by atoms with Gasteiger partial charge in [-0.1, -0.05) is 24.6 Å². The van der Waals surface area contributed by atoms with E-state index in [1.165, 1.54) is 0 Å². The second-order valence-electron chi connectivity index (χ2n) is 7.91. The molecule has 1 aliphatic heterocycles. The van der Waals surface area contributed by atoms with Gasteiger partial charge in [0.05, 0.1) is 11.5 Å². The predicted molar refractivity (Wildman–Crippen MR) is 118 cm³/mol. The van der Waals surface area contributed by atoms with Crippen molar-refractivity contribution in [2.24, 2.45) is 0 Å². The molecule has 0 saturated carbocycles. The summed E-state index contributed by atoms with van der Waals surface area (Å²) < 4.78 is 29.6. The summed E-state index contributed by atoms with van der Waals surface area (Å²) in [4.78, 5) is 14.8. The molecule has 162 valence electrons. The molecule has 4 rings (SSSR count). The molecule has 2 aromatic carbocycles. The molecule has 0 spiro atoms. The van der Waals surface area contributed by atoms with Crippen LogP contribution in [0.3, 0.4) is 0 Å². The van der Waals surface area contributed by atoms with Gasteiger partial charge >= 0.3 is 0 Å². The van der Waals surface area contributed by atoms with Crippen molar-refractivity contribution in [3.05, 3.63) is 59.7 Å². The van der Waals surface area contributed by atoms with E-state index in [1.807, 2.05) is 38.1 Å². The second-order valence-corrected chi connectivity index (χ2v) is 10.1. The maximum absolute atomic E-state index is 13.1. The van der Waals surface area contributed by atoms with Crippen molar-refractivity contribution in [1.29, 1.82) is 0 Å². The van der Waals surface area contributed by atoms with Crippen molar-refractivity contribution in [2.75, 3.05) is 18.1 Å². The second kappa shape index (κ2) is 8.63. The van der Waals surface area contributed by atoms with Crippen LogP contribution in [0.15, 0.2) is 52.9 Å². The van der Waals surface area contributed by atoms with E-state index in [0.717, 1.165) is 17.5 Å². The highest BCUT2D eigenvalue weighted by molar-refractivity contribution is 7.91. The molecule has 0 aliphatic carbocycles. The average molecular weight is 440 g/mol. The van der Waals surface area contributed by atoms with Crippen LogP contribution in [0, 0.1) is 6.92 Å². The molecular weight excluding hydrogens is 414 g/mol. The number of sulfone groups is 1.